The van der Waals surface area contributed by atoms with E-state index in [1.807, 2.05) is 43.3 Å². The summed E-state index contributed by atoms with van der Waals surface area (Å²) in [6, 6.07) is 16.0. The van der Waals surface area contributed by atoms with Crippen molar-refractivity contribution in [1.29, 1.82) is 0 Å². The number of amides is 1. The second-order valence-corrected chi connectivity index (χ2v) is 7.34. The van der Waals surface area contributed by atoms with Crippen LogP contribution in [-0.4, -0.2) is 30.0 Å². The predicted molar refractivity (Wildman–Crippen MR) is 104 cm³/mol. The minimum absolute atomic E-state index is 0.0303. The van der Waals surface area contributed by atoms with E-state index in [2.05, 4.69) is 38.3 Å². The van der Waals surface area contributed by atoms with E-state index in [4.69, 9.17) is 4.74 Å². The van der Waals surface area contributed by atoms with Crippen LogP contribution in [0.2, 0.25) is 0 Å². The minimum atomic E-state index is -0.182. The molecule has 0 saturated heterocycles. The van der Waals surface area contributed by atoms with E-state index >= 15 is 0 Å². The number of nitrogens with one attached hydrogen (secondary N) is 1. The van der Waals surface area contributed by atoms with Gasteiger partial charge in [-0.3, -0.25) is 9.69 Å². The predicted octanol–water partition coefficient (Wildman–Crippen LogP) is 4.45. The van der Waals surface area contributed by atoms with Crippen molar-refractivity contribution in [2.24, 2.45) is 0 Å². The van der Waals surface area contributed by atoms with E-state index < -0.39 is 0 Å². The Hall–Kier alpha value is -1.85. The molecular weight excluding hydrogens is 380 g/mol. The van der Waals surface area contributed by atoms with E-state index in [9.17, 15) is 4.79 Å². The number of hydrogen-bond acceptors (Lipinski definition) is 3. The lowest BCUT2D eigenvalue weighted by Crippen LogP contribution is -2.42. The molecule has 0 radical (unpaired) electrons. The maximum absolute atomic E-state index is 12.7. The topological polar surface area (TPSA) is 41.6 Å². The fraction of sp³-hybridized carbons (Fsp3) is 0.350. The zero-order valence-corrected chi connectivity index (χ0v) is 16.1. The van der Waals surface area contributed by atoms with Gasteiger partial charge in [0.05, 0.1) is 13.2 Å². The largest absolute Gasteiger partial charge is 0.497 e. The first-order valence-electron chi connectivity index (χ1n) is 8.52. The van der Waals surface area contributed by atoms with E-state index in [0.717, 1.165) is 35.3 Å². The highest BCUT2D eigenvalue weighted by atomic mass is 79.9. The Bertz CT molecular complexity index is 711. The summed E-state index contributed by atoms with van der Waals surface area (Å²) in [6.45, 7) is 2.75. The summed E-state index contributed by atoms with van der Waals surface area (Å²) in [6.07, 6.45) is 2.32. The molecule has 25 heavy (non-hydrogen) atoms. The number of benzene rings is 2. The lowest BCUT2D eigenvalue weighted by atomic mass is 10.1. The average molecular weight is 403 g/mol. The molecule has 1 atom stereocenters. The first-order valence-corrected chi connectivity index (χ1v) is 9.31. The molecule has 1 fully saturated rings. The molecule has 2 aromatic carbocycles. The molecule has 1 saturated carbocycles. The molecule has 0 spiro atoms. The summed E-state index contributed by atoms with van der Waals surface area (Å²) in [5.74, 6) is 0.880. The third kappa shape index (κ3) is 4.83. The van der Waals surface area contributed by atoms with Gasteiger partial charge in [0.2, 0.25) is 5.91 Å². The summed E-state index contributed by atoms with van der Waals surface area (Å²) >= 11 is 3.41. The van der Waals surface area contributed by atoms with Crippen LogP contribution in [0.1, 0.15) is 25.3 Å². The zero-order chi connectivity index (χ0) is 17.8. The molecule has 3 rings (SSSR count). The number of methoxy groups -OCH3 is 1. The smallest absolute Gasteiger partial charge is 0.241 e. The molecule has 0 unspecified atom stereocenters. The van der Waals surface area contributed by atoms with Crippen molar-refractivity contribution in [1.82, 2.24) is 4.90 Å². The zero-order valence-electron chi connectivity index (χ0n) is 14.5. The van der Waals surface area contributed by atoms with Gasteiger partial charge in [-0.15, -0.1) is 0 Å². The summed E-state index contributed by atoms with van der Waals surface area (Å²) in [5, 5.41) is 3.01. The second kappa shape index (κ2) is 8.02. The van der Waals surface area contributed by atoms with Crippen molar-refractivity contribution in [3.8, 4) is 5.75 Å². The van der Waals surface area contributed by atoms with E-state index in [-0.39, 0.29) is 11.9 Å². The SMILES string of the molecule is COc1ccc(CN(C2CC2)[C@H](C)C(=O)Nc2ccc(Br)cc2)cc1. The number of rotatable bonds is 7. The van der Waals surface area contributed by atoms with Crippen LogP contribution in [0.25, 0.3) is 0 Å². The van der Waals surface area contributed by atoms with Crippen molar-refractivity contribution >= 4 is 27.5 Å². The third-order valence-electron chi connectivity index (χ3n) is 4.53. The van der Waals surface area contributed by atoms with Gasteiger partial charge in [0, 0.05) is 22.7 Å². The Labute approximate surface area is 157 Å². The summed E-state index contributed by atoms with van der Waals surface area (Å²) in [4.78, 5) is 15.0. The van der Waals surface area contributed by atoms with E-state index in [1.165, 1.54) is 5.56 Å². The van der Waals surface area contributed by atoms with Crippen molar-refractivity contribution in [3.63, 3.8) is 0 Å². The van der Waals surface area contributed by atoms with Crippen molar-refractivity contribution in [3.05, 3.63) is 58.6 Å². The third-order valence-corrected chi connectivity index (χ3v) is 5.06. The molecule has 132 valence electrons. The highest BCUT2D eigenvalue weighted by molar-refractivity contribution is 9.10. The molecule has 1 amide bonds. The number of carbonyl (C=O) groups excluding carboxylic acids is 1. The standard InChI is InChI=1S/C20H23BrN2O2/c1-14(20(24)22-17-7-5-16(21)6-8-17)23(18-9-10-18)13-15-3-11-19(25-2)12-4-15/h3-8,11-12,14,18H,9-10,13H2,1-2H3,(H,22,24)/t14-/m1/s1. The van der Waals surface area contributed by atoms with Gasteiger partial charge < -0.3 is 10.1 Å². The van der Waals surface area contributed by atoms with Crippen LogP contribution in [-0.2, 0) is 11.3 Å². The molecule has 1 aliphatic carbocycles. The van der Waals surface area contributed by atoms with Gasteiger partial charge in [-0.2, -0.15) is 0 Å². The lowest BCUT2D eigenvalue weighted by molar-refractivity contribution is -0.121. The molecule has 5 heteroatoms. The molecule has 0 aliphatic heterocycles. The molecule has 0 heterocycles. The molecule has 1 N–H and O–H groups in total. The summed E-state index contributed by atoms with van der Waals surface area (Å²) in [7, 11) is 1.67. The lowest BCUT2D eigenvalue weighted by Gasteiger charge is -2.28. The molecule has 4 nitrogen and oxygen atoms in total. The number of hydrogen-bond donors (Lipinski definition) is 1. The van der Waals surface area contributed by atoms with Gasteiger partial charge in [-0.25, -0.2) is 0 Å². The Morgan fingerprint density at radius 2 is 1.84 bits per heavy atom. The molecule has 0 aromatic heterocycles. The second-order valence-electron chi connectivity index (χ2n) is 6.42. The first kappa shape index (κ1) is 18.0. The van der Waals surface area contributed by atoms with Crippen LogP contribution < -0.4 is 10.1 Å². The molecule has 1 aliphatic rings. The van der Waals surface area contributed by atoms with Gasteiger partial charge in [0.25, 0.3) is 0 Å². The van der Waals surface area contributed by atoms with Crippen molar-refractivity contribution < 1.29 is 9.53 Å². The van der Waals surface area contributed by atoms with Gasteiger partial charge in [-0.05, 0) is 61.7 Å². The van der Waals surface area contributed by atoms with E-state index in [0.29, 0.717) is 6.04 Å². The van der Waals surface area contributed by atoms with Crippen LogP contribution in [0.15, 0.2) is 53.0 Å². The Morgan fingerprint density at radius 1 is 1.20 bits per heavy atom. The molecular formula is C20H23BrN2O2. The summed E-state index contributed by atoms with van der Waals surface area (Å²) < 4.78 is 6.21. The number of ether oxygens (including phenoxy) is 1. The van der Waals surface area contributed by atoms with Crippen LogP contribution in [0.4, 0.5) is 5.69 Å². The fourth-order valence-electron chi connectivity index (χ4n) is 2.86. The molecule has 0 bridgehead atoms. The van der Waals surface area contributed by atoms with Crippen LogP contribution >= 0.6 is 15.9 Å². The fourth-order valence-corrected chi connectivity index (χ4v) is 3.13. The van der Waals surface area contributed by atoms with Gasteiger partial charge in [-0.1, -0.05) is 28.1 Å². The summed E-state index contributed by atoms with van der Waals surface area (Å²) in [5.41, 5.74) is 2.01. The van der Waals surface area contributed by atoms with Crippen molar-refractivity contribution in [2.75, 3.05) is 12.4 Å². The monoisotopic (exact) mass is 402 g/mol. The van der Waals surface area contributed by atoms with Gasteiger partial charge >= 0.3 is 0 Å². The number of carbonyl (C=O) groups is 1. The maximum Gasteiger partial charge on any atom is 0.241 e. The van der Waals surface area contributed by atoms with Gasteiger partial charge in [0.15, 0.2) is 0 Å². The van der Waals surface area contributed by atoms with Gasteiger partial charge in [0.1, 0.15) is 5.75 Å². The van der Waals surface area contributed by atoms with E-state index in [1.54, 1.807) is 7.11 Å². The number of nitrogens with zero attached hydrogens (tertiary/aromatic N) is 1. The normalized spacial score (nSPS) is 15.0. The van der Waals surface area contributed by atoms with Crippen LogP contribution in [0.3, 0.4) is 0 Å². The van der Waals surface area contributed by atoms with Crippen LogP contribution in [0.5, 0.6) is 5.75 Å². The highest BCUT2D eigenvalue weighted by Gasteiger charge is 2.35. The Balaban J connectivity index is 1.66. The minimum Gasteiger partial charge on any atom is -0.497 e. The quantitative estimate of drug-likeness (QED) is 0.743. The Morgan fingerprint density at radius 3 is 2.40 bits per heavy atom. The number of anilines is 1. The first-order chi connectivity index (χ1) is 12.1. The van der Waals surface area contributed by atoms with Crippen molar-refractivity contribution in [2.45, 2.75) is 38.4 Å². The highest BCUT2D eigenvalue weighted by Crippen LogP contribution is 2.31. The number of halogens is 1. The Kier molecular flexibility index (Phi) is 5.76. The average Bonchev–Trinajstić information content (AvgIpc) is 3.46. The van der Waals surface area contributed by atoms with Crippen LogP contribution in [0, 0.1) is 0 Å². The molecule has 2 aromatic rings. The maximum atomic E-state index is 12.7.